The van der Waals surface area contributed by atoms with Crippen LogP contribution in [0.2, 0.25) is 0 Å². The molecule has 6 heteroatoms. The first-order chi connectivity index (χ1) is 10.1. The molecule has 2 heterocycles. The fourth-order valence-electron chi connectivity index (χ4n) is 3.33. The van der Waals surface area contributed by atoms with Crippen LogP contribution in [0.1, 0.15) is 28.1 Å². The van der Waals surface area contributed by atoms with Crippen molar-refractivity contribution >= 4 is 29.3 Å². The van der Waals surface area contributed by atoms with Crippen LogP contribution in [-0.2, 0) is 4.79 Å². The summed E-state index contributed by atoms with van der Waals surface area (Å²) < 4.78 is 0. The van der Waals surface area contributed by atoms with Gasteiger partial charge in [-0.25, -0.2) is 4.79 Å². The number of aliphatic carboxylic acids is 1. The van der Waals surface area contributed by atoms with E-state index in [9.17, 15) is 14.7 Å². The Morgan fingerprint density at radius 1 is 1.33 bits per heavy atom. The zero-order valence-electron chi connectivity index (χ0n) is 11.4. The van der Waals surface area contributed by atoms with E-state index in [4.69, 9.17) is 5.11 Å². The van der Waals surface area contributed by atoms with Gasteiger partial charge in [0, 0.05) is 25.1 Å². The van der Waals surface area contributed by atoms with Crippen LogP contribution >= 0.6 is 11.3 Å². The van der Waals surface area contributed by atoms with Crippen molar-refractivity contribution in [3.05, 3.63) is 28.0 Å². The van der Waals surface area contributed by atoms with E-state index in [1.54, 1.807) is 16.3 Å². The molecule has 3 atom stereocenters. The number of carbonyl (C=O) groups is 2. The Hall–Kier alpha value is -1.66. The second-order valence-electron chi connectivity index (χ2n) is 5.66. The van der Waals surface area contributed by atoms with E-state index >= 15 is 0 Å². The standard InChI is InChI=1S/C15H17NO4S/c17-12-3-1-10-7-16(8-11(10)12)15(20)14-9(5-6-21-14)2-4-13(18)19/h2,4-6,10-12,17H,1,3,7-8H2,(H,18,19)/b4-2+. The van der Waals surface area contributed by atoms with Crippen molar-refractivity contribution < 1.29 is 19.8 Å². The molecule has 21 heavy (non-hydrogen) atoms. The molecule has 1 saturated heterocycles. The average Bonchev–Trinajstić information content (AvgIpc) is 3.13. The van der Waals surface area contributed by atoms with Crippen LogP contribution in [0.4, 0.5) is 0 Å². The molecule has 2 N–H and O–H groups in total. The average molecular weight is 307 g/mol. The molecule has 1 aromatic rings. The summed E-state index contributed by atoms with van der Waals surface area (Å²) in [7, 11) is 0. The second kappa shape index (κ2) is 5.61. The molecule has 112 valence electrons. The summed E-state index contributed by atoms with van der Waals surface area (Å²) in [5, 5.41) is 20.4. The van der Waals surface area contributed by atoms with Gasteiger partial charge in [-0.05, 0) is 41.8 Å². The van der Waals surface area contributed by atoms with Crippen molar-refractivity contribution in [3.8, 4) is 0 Å². The third kappa shape index (κ3) is 2.73. The van der Waals surface area contributed by atoms with Gasteiger partial charge in [0.25, 0.3) is 5.91 Å². The maximum atomic E-state index is 12.6. The van der Waals surface area contributed by atoms with E-state index in [-0.39, 0.29) is 17.9 Å². The lowest BCUT2D eigenvalue weighted by Gasteiger charge is -2.18. The van der Waals surface area contributed by atoms with Crippen molar-refractivity contribution in [2.45, 2.75) is 18.9 Å². The molecule has 1 aliphatic heterocycles. The van der Waals surface area contributed by atoms with Crippen LogP contribution in [0.5, 0.6) is 0 Å². The van der Waals surface area contributed by atoms with E-state index < -0.39 is 5.97 Å². The Bertz CT molecular complexity index is 594. The molecule has 1 amide bonds. The largest absolute Gasteiger partial charge is 0.478 e. The van der Waals surface area contributed by atoms with Crippen LogP contribution in [0, 0.1) is 11.8 Å². The number of fused-ring (bicyclic) bond motifs is 1. The number of hydrogen-bond acceptors (Lipinski definition) is 4. The molecule has 0 spiro atoms. The molecule has 1 saturated carbocycles. The van der Waals surface area contributed by atoms with E-state index in [0.717, 1.165) is 18.9 Å². The van der Waals surface area contributed by atoms with Gasteiger partial charge >= 0.3 is 5.97 Å². The van der Waals surface area contributed by atoms with Crippen LogP contribution in [0.25, 0.3) is 6.08 Å². The van der Waals surface area contributed by atoms with Gasteiger partial charge in [-0.1, -0.05) is 0 Å². The monoisotopic (exact) mass is 307 g/mol. The molecule has 0 radical (unpaired) electrons. The quantitative estimate of drug-likeness (QED) is 0.833. The van der Waals surface area contributed by atoms with Crippen molar-refractivity contribution in [1.29, 1.82) is 0 Å². The highest BCUT2D eigenvalue weighted by Gasteiger charge is 2.43. The zero-order valence-corrected chi connectivity index (χ0v) is 12.3. The summed E-state index contributed by atoms with van der Waals surface area (Å²) in [5.41, 5.74) is 0.644. The number of carboxylic acid groups (broad SMARTS) is 1. The van der Waals surface area contributed by atoms with Crippen molar-refractivity contribution in [1.82, 2.24) is 4.90 Å². The molecule has 3 unspecified atom stereocenters. The topological polar surface area (TPSA) is 77.8 Å². The van der Waals surface area contributed by atoms with E-state index in [1.807, 2.05) is 0 Å². The number of hydrogen-bond donors (Lipinski definition) is 2. The summed E-state index contributed by atoms with van der Waals surface area (Å²) in [6, 6.07) is 1.75. The molecule has 0 bridgehead atoms. The summed E-state index contributed by atoms with van der Waals surface area (Å²) in [6.07, 6.45) is 4.02. The smallest absolute Gasteiger partial charge is 0.328 e. The number of carbonyl (C=O) groups excluding carboxylic acids is 1. The predicted octanol–water partition coefficient (Wildman–Crippen LogP) is 1.69. The van der Waals surface area contributed by atoms with Crippen LogP contribution in [-0.4, -0.2) is 46.2 Å². The molecule has 3 rings (SSSR count). The molecule has 2 fully saturated rings. The van der Waals surface area contributed by atoms with Gasteiger partial charge in [0.05, 0.1) is 11.0 Å². The number of nitrogens with zero attached hydrogens (tertiary/aromatic N) is 1. The van der Waals surface area contributed by atoms with Crippen molar-refractivity contribution in [3.63, 3.8) is 0 Å². The molecular formula is C15H17NO4S. The highest BCUT2D eigenvalue weighted by atomic mass is 32.1. The molecule has 0 aromatic carbocycles. The number of aliphatic hydroxyl groups is 1. The van der Waals surface area contributed by atoms with Gasteiger partial charge in [0.1, 0.15) is 0 Å². The van der Waals surface area contributed by atoms with Crippen LogP contribution in [0.3, 0.4) is 0 Å². The first kappa shape index (κ1) is 14.3. The molecule has 1 aromatic heterocycles. The van der Waals surface area contributed by atoms with Gasteiger partial charge in [-0.2, -0.15) is 0 Å². The van der Waals surface area contributed by atoms with E-state index in [1.165, 1.54) is 17.4 Å². The first-order valence-corrected chi connectivity index (χ1v) is 7.90. The van der Waals surface area contributed by atoms with Gasteiger partial charge in [0.15, 0.2) is 0 Å². The minimum absolute atomic E-state index is 0.0587. The Morgan fingerprint density at radius 2 is 2.14 bits per heavy atom. The van der Waals surface area contributed by atoms with Gasteiger partial charge < -0.3 is 15.1 Å². The second-order valence-corrected chi connectivity index (χ2v) is 6.57. The van der Waals surface area contributed by atoms with Crippen molar-refractivity contribution in [2.75, 3.05) is 13.1 Å². The number of aliphatic hydroxyl groups excluding tert-OH is 1. The number of thiophene rings is 1. The Labute approximate surface area is 126 Å². The van der Waals surface area contributed by atoms with Gasteiger partial charge in [0.2, 0.25) is 0 Å². The lowest BCUT2D eigenvalue weighted by molar-refractivity contribution is -0.131. The molecule has 2 aliphatic rings. The summed E-state index contributed by atoms with van der Waals surface area (Å²) in [4.78, 5) is 25.5. The van der Waals surface area contributed by atoms with Crippen LogP contribution in [0.15, 0.2) is 17.5 Å². The van der Waals surface area contributed by atoms with E-state index in [0.29, 0.717) is 29.4 Å². The first-order valence-electron chi connectivity index (χ1n) is 7.02. The highest BCUT2D eigenvalue weighted by molar-refractivity contribution is 7.12. The maximum Gasteiger partial charge on any atom is 0.328 e. The number of amides is 1. The molecular weight excluding hydrogens is 290 g/mol. The minimum Gasteiger partial charge on any atom is -0.478 e. The van der Waals surface area contributed by atoms with Gasteiger partial charge in [-0.15, -0.1) is 11.3 Å². The predicted molar refractivity (Wildman–Crippen MR) is 79.1 cm³/mol. The third-order valence-electron chi connectivity index (χ3n) is 4.40. The van der Waals surface area contributed by atoms with Crippen LogP contribution < -0.4 is 0 Å². The summed E-state index contributed by atoms with van der Waals surface area (Å²) >= 11 is 1.33. The third-order valence-corrected chi connectivity index (χ3v) is 5.32. The Kier molecular flexibility index (Phi) is 3.82. The fraction of sp³-hybridized carbons (Fsp3) is 0.467. The number of carboxylic acids is 1. The minimum atomic E-state index is -1.03. The van der Waals surface area contributed by atoms with Crippen molar-refractivity contribution in [2.24, 2.45) is 11.8 Å². The Balaban J connectivity index is 1.75. The fourth-order valence-corrected chi connectivity index (χ4v) is 4.18. The highest BCUT2D eigenvalue weighted by Crippen LogP contribution is 2.39. The van der Waals surface area contributed by atoms with Gasteiger partial charge in [-0.3, -0.25) is 4.79 Å². The summed E-state index contributed by atoms with van der Waals surface area (Å²) in [5.74, 6) is -0.482. The lowest BCUT2D eigenvalue weighted by atomic mass is 10.00. The van der Waals surface area contributed by atoms with E-state index in [2.05, 4.69) is 0 Å². The maximum absolute atomic E-state index is 12.6. The molecule has 5 nitrogen and oxygen atoms in total. The summed E-state index contributed by atoms with van der Waals surface area (Å²) in [6.45, 7) is 1.30. The molecule has 1 aliphatic carbocycles. The SMILES string of the molecule is O=C(O)/C=C/c1ccsc1C(=O)N1CC2CCC(O)C2C1. The normalized spacial score (nSPS) is 28.2. The lowest BCUT2D eigenvalue weighted by Crippen LogP contribution is -2.30. The number of rotatable bonds is 3. The Morgan fingerprint density at radius 3 is 2.86 bits per heavy atom. The zero-order chi connectivity index (χ0) is 15.0. The number of likely N-dealkylation sites (tertiary alicyclic amines) is 1.